The van der Waals surface area contributed by atoms with E-state index in [2.05, 4.69) is 32.2 Å². The lowest BCUT2D eigenvalue weighted by molar-refractivity contribution is -0.127. The largest absolute Gasteiger partial charge is 0.356 e. The summed E-state index contributed by atoms with van der Waals surface area (Å²) in [4.78, 5) is 22.1. The molecule has 3 aliphatic rings. The quantitative estimate of drug-likeness (QED) is 0.797. The smallest absolute Gasteiger partial charge is 0.224 e. The second kappa shape index (κ2) is 10.5. The molecule has 1 N–H and O–H groups in total. The van der Waals surface area contributed by atoms with Crippen LogP contribution in [0.2, 0.25) is 0 Å². The molecule has 1 aromatic rings. The summed E-state index contributed by atoms with van der Waals surface area (Å²) in [7, 11) is 0. The van der Waals surface area contributed by atoms with Gasteiger partial charge in [-0.2, -0.15) is 0 Å². The molecule has 160 valence electrons. The van der Waals surface area contributed by atoms with Crippen LogP contribution in [-0.4, -0.2) is 59.5 Å². The zero-order chi connectivity index (χ0) is 19.9. The Kier molecular flexibility index (Phi) is 7.55. The third-order valence-electron chi connectivity index (χ3n) is 7.34. The van der Waals surface area contributed by atoms with Gasteiger partial charge in [0.15, 0.2) is 0 Å². The zero-order valence-electron chi connectivity index (χ0n) is 17.9. The summed E-state index contributed by atoms with van der Waals surface area (Å²) in [5.41, 5.74) is 1.35. The second-order valence-corrected chi connectivity index (χ2v) is 9.45. The lowest BCUT2D eigenvalue weighted by atomic mass is 9.89. The van der Waals surface area contributed by atoms with Crippen LogP contribution in [0.15, 0.2) is 24.5 Å². The molecule has 4 rings (SSSR count). The Balaban J connectivity index is 1.20. The van der Waals surface area contributed by atoms with Gasteiger partial charge in [0.25, 0.3) is 0 Å². The predicted octanol–water partition coefficient (Wildman–Crippen LogP) is 3.45. The Morgan fingerprint density at radius 1 is 0.966 bits per heavy atom. The number of piperidine rings is 2. The van der Waals surface area contributed by atoms with E-state index in [1.54, 1.807) is 0 Å². The lowest BCUT2D eigenvalue weighted by Gasteiger charge is -2.42. The zero-order valence-corrected chi connectivity index (χ0v) is 17.9. The van der Waals surface area contributed by atoms with Crippen LogP contribution in [0.4, 0.5) is 0 Å². The van der Waals surface area contributed by atoms with Crippen molar-refractivity contribution in [1.82, 2.24) is 20.1 Å². The van der Waals surface area contributed by atoms with E-state index in [9.17, 15) is 4.79 Å². The Bertz CT molecular complexity index is 623. The van der Waals surface area contributed by atoms with Crippen LogP contribution in [0.3, 0.4) is 0 Å². The first-order valence-corrected chi connectivity index (χ1v) is 11.9. The van der Waals surface area contributed by atoms with Crippen molar-refractivity contribution in [3.63, 3.8) is 0 Å². The number of rotatable bonds is 6. The van der Waals surface area contributed by atoms with Gasteiger partial charge in [-0.3, -0.25) is 19.6 Å². The minimum absolute atomic E-state index is 0.196. The minimum Gasteiger partial charge on any atom is -0.356 e. The van der Waals surface area contributed by atoms with E-state index in [1.165, 1.54) is 63.5 Å². The lowest BCUT2D eigenvalue weighted by Crippen LogP contribution is -2.51. The molecule has 1 atom stereocenters. The van der Waals surface area contributed by atoms with E-state index in [-0.39, 0.29) is 5.92 Å². The summed E-state index contributed by atoms with van der Waals surface area (Å²) in [6.45, 7) is 6.38. The van der Waals surface area contributed by atoms with Gasteiger partial charge in [0.2, 0.25) is 5.91 Å². The maximum Gasteiger partial charge on any atom is 0.224 e. The molecule has 3 fully saturated rings. The molecule has 1 saturated carbocycles. The van der Waals surface area contributed by atoms with Crippen LogP contribution < -0.4 is 5.32 Å². The normalized spacial score (nSPS) is 25.7. The monoisotopic (exact) mass is 398 g/mol. The summed E-state index contributed by atoms with van der Waals surface area (Å²) >= 11 is 0. The molecular formula is C24H38N4O. The first-order valence-electron chi connectivity index (χ1n) is 11.9. The maximum atomic E-state index is 12.8. The first kappa shape index (κ1) is 20.8. The van der Waals surface area contributed by atoms with Crippen LogP contribution in [0.25, 0.3) is 0 Å². The molecule has 5 heteroatoms. The molecule has 0 aromatic carbocycles. The summed E-state index contributed by atoms with van der Waals surface area (Å²) in [6, 6.07) is 4.89. The standard InChI is InChI=1S/C24H38N4O/c29-24(26-17-20-5-2-1-3-6-20)22-7-4-14-28(19-22)23-10-15-27(16-11-23)18-21-8-12-25-13-9-21/h8-9,12-13,20,22-23H,1-7,10-11,14-19H2,(H,26,29)/t22-/m0/s1. The van der Waals surface area contributed by atoms with Gasteiger partial charge in [-0.15, -0.1) is 0 Å². The molecule has 29 heavy (non-hydrogen) atoms. The summed E-state index contributed by atoms with van der Waals surface area (Å²) in [5, 5.41) is 3.30. The van der Waals surface area contributed by atoms with Crippen molar-refractivity contribution in [1.29, 1.82) is 0 Å². The van der Waals surface area contributed by atoms with Gasteiger partial charge in [0, 0.05) is 38.1 Å². The van der Waals surface area contributed by atoms with Crippen LogP contribution in [-0.2, 0) is 11.3 Å². The summed E-state index contributed by atoms with van der Waals surface area (Å²) in [6.07, 6.45) is 15.1. The van der Waals surface area contributed by atoms with Gasteiger partial charge in [-0.1, -0.05) is 19.3 Å². The van der Waals surface area contributed by atoms with Crippen LogP contribution >= 0.6 is 0 Å². The number of hydrogen-bond donors (Lipinski definition) is 1. The Morgan fingerprint density at radius 3 is 2.48 bits per heavy atom. The number of aromatic nitrogens is 1. The van der Waals surface area contributed by atoms with E-state index in [0.29, 0.717) is 11.9 Å². The Labute approximate surface area is 176 Å². The predicted molar refractivity (Wildman–Crippen MR) is 116 cm³/mol. The van der Waals surface area contributed by atoms with Gasteiger partial charge in [-0.05, 0) is 81.8 Å². The molecule has 0 spiro atoms. The first-order chi connectivity index (χ1) is 14.3. The highest BCUT2D eigenvalue weighted by Crippen LogP contribution is 2.26. The van der Waals surface area contributed by atoms with Crippen molar-refractivity contribution >= 4 is 5.91 Å². The topological polar surface area (TPSA) is 48.5 Å². The molecule has 3 heterocycles. The van der Waals surface area contributed by atoms with Gasteiger partial charge >= 0.3 is 0 Å². The number of nitrogens with one attached hydrogen (secondary N) is 1. The number of carbonyl (C=O) groups is 1. The van der Waals surface area contributed by atoms with Crippen LogP contribution in [0.5, 0.6) is 0 Å². The fraction of sp³-hybridized carbons (Fsp3) is 0.750. The van der Waals surface area contributed by atoms with Crippen LogP contribution in [0.1, 0.15) is 63.4 Å². The number of amides is 1. The second-order valence-electron chi connectivity index (χ2n) is 9.45. The summed E-state index contributed by atoms with van der Waals surface area (Å²) < 4.78 is 0. The fourth-order valence-corrected chi connectivity index (χ4v) is 5.52. The highest BCUT2D eigenvalue weighted by atomic mass is 16.1. The van der Waals surface area contributed by atoms with Crippen molar-refractivity contribution in [2.45, 2.75) is 70.4 Å². The minimum atomic E-state index is 0.196. The third kappa shape index (κ3) is 6.02. The molecule has 0 unspecified atom stereocenters. The highest BCUT2D eigenvalue weighted by Gasteiger charge is 2.31. The van der Waals surface area contributed by atoms with Crippen molar-refractivity contribution in [2.24, 2.45) is 11.8 Å². The average molecular weight is 399 g/mol. The van der Waals surface area contributed by atoms with E-state index < -0.39 is 0 Å². The SMILES string of the molecule is O=C(NCC1CCCCC1)[C@H]1CCCN(C2CCN(Cc3ccncc3)CC2)C1. The fourth-order valence-electron chi connectivity index (χ4n) is 5.52. The molecule has 0 bridgehead atoms. The van der Waals surface area contributed by atoms with Gasteiger partial charge in [0.05, 0.1) is 5.92 Å². The third-order valence-corrected chi connectivity index (χ3v) is 7.34. The molecule has 5 nitrogen and oxygen atoms in total. The van der Waals surface area contributed by atoms with Crippen LogP contribution in [0, 0.1) is 11.8 Å². The van der Waals surface area contributed by atoms with E-state index in [4.69, 9.17) is 0 Å². The van der Waals surface area contributed by atoms with E-state index >= 15 is 0 Å². The number of pyridine rings is 1. The molecule has 1 amide bonds. The number of likely N-dealkylation sites (tertiary alicyclic amines) is 2. The van der Waals surface area contributed by atoms with Gasteiger partial charge in [-0.25, -0.2) is 0 Å². The molecule has 2 aliphatic heterocycles. The molecule has 0 radical (unpaired) electrons. The van der Waals surface area contributed by atoms with Gasteiger partial charge in [0.1, 0.15) is 0 Å². The van der Waals surface area contributed by atoms with E-state index in [0.717, 1.165) is 45.1 Å². The number of hydrogen-bond acceptors (Lipinski definition) is 4. The number of nitrogens with zero attached hydrogens (tertiary/aromatic N) is 3. The Morgan fingerprint density at radius 2 is 1.72 bits per heavy atom. The van der Waals surface area contributed by atoms with Gasteiger partial charge < -0.3 is 5.32 Å². The maximum absolute atomic E-state index is 12.8. The molecular weight excluding hydrogens is 360 g/mol. The number of carbonyl (C=O) groups excluding carboxylic acids is 1. The Hall–Kier alpha value is -1.46. The highest BCUT2D eigenvalue weighted by molar-refractivity contribution is 5.79. The van der Waals surface area contributed by atoms with E-state index in [1.807, 2.05) is 12.4 Å². The molecule has 2 saturated heterocycles. The van der Waals surface area contributed by atoms with Crippen molar-refractivity contribution in [2.75, 3.05) is 32.7 Å². The average Bonchev–Trinajstić information content (AvgIpc) is 2.79. The molecule has 1 aromatic heterocycles. The van der Waals surface area contributed by atoms with Crippen molar-refractivity contribution in [3.8, 4) is 0 Å². The summed E-state index contributed by atoms with van der Waals surface area (Å²) in [5.74, 6) is 1.23. The van der Waals surface area contributed by atoms with Crippen molar-refractivity contribution < 1.29 is 4.79 Å². The molecule has 1 aliphatic carbocycles. The van der Waals surface area contributed by atoms with Crippen molar-refractivity contribution in [3.05, 3.63) is 30.1 Å².